The van der Waals surface area contributed by atoms with E-state index in [0.717, 1.165) is 12.3 Å². The molecule has 1 atom stereocenters. The fraction of sp³-hybridized carbons (Fsp3) is 0.929. The second kappa shape index (κ2) is 6.39. The molecule has 2 rings (SSSR count). The van der Waals surface area contributed by atoms with Gasteiger partial charge >= 0.3 is 0 Å². The lowest BCUT2D eigenvalue weighted by Crippen LogP contribution is -2.43. The Morgan fingerprint density at radius 3 is 2.47 bits per heavy atom. The average molecular weight is 238 g/mol. The summed E-state index contributed by atoms with van der Waals surface area (Å²) in [6.07, 6.45) is 10.3. The van der Waals surface area contributed by atoms with Gasteiger partial charge in [0.1, 0.15) is 0 Å². The third-order valence-corrected chi connectivity index (χ3v) is 4.13. The molecule has 1 unspecified atom stereocenters. The van der Waals surface area contributed by atoms with Crippen LogP contribution >= 0.6 is 0 Å². The van der Waals surface area contributed by atoms with Crippen LogP contribution < -0.4 is 10.6 Å². The van der Waals surface area contributed by atoms with E-state index in [1.54, 1.807) is 0 Å². The molecule has 3 heteroatoms. The molecular weight excluding hydrogens is 212 g/mol. The van der Waals surface area contributed by atoms with Crippen molar-refractivity contribution < 1.29 is 4.79 Å². The van der Waals surface area contributed by atoms with Crippen LogP contribution in [-0.2, 0) is 4.79 Å². The van der Waals surface area contributed by atoms with Gasteiger partial charge in [-0.1, -0.05) is 26.2 Å². The zero-order valence-electron chi connectivity index (χ0n) is 11.0. The lowest BCUT2D eigenvalue weighted by molar-refractivity contribution is -0.120. The number of nitrogens with one attached hydrogen (secondary N) is 2. The molecule has 3 nitrogen and oxygen atoms in total. The van der Waals surface area contributed by atoms with Gasteiger partial charge in [-0.2, -0.15) is 0 Å². The van der Waals surface area contributed by atoms with Crippen LogP contribution in [0.3, 0.4) is 0 Å². The predicted molar refractivity (Wildman–Crippen MR) is 69.8 cm³/mol. The van der Waals surface area contributed by atoms with Gasteiger partial charge in [-0.3, -0.25) is 4.79 Å². The lowest BCUT2D eigenvalue weighted by Gasteiger charge is -2.30. The zero-order valence-corrected chi connectivity index (χ0v) is 11.0. The smallest absolute Gasteiger partial charge is 0.234 e. The number of hydrogen-bond donors (Lipinski definition) is 2. The first-order chi connectivity index (χ1) is 8.29. The molecular formula is C14H26N2O. The van der Waals surface area contributed by atoms with E-state index in [-0.39, 0.29) is 5.91 Å². The van der Waals surface area contributed by atoms with E-state index in [4.69, 9.17) is 0 Å². The third kappa shape index (κ3) is 4.30. The molecule has 0 radical (unpaired) electrons. The molecule has 17 heavy (non-hydrogen) atoms. The van der Waals surface area contributed by atoms with Crippen LogP contribution in [0.25, 0.3) is 0 Å². The monoisotopic (exact) mass is 238 g/mol. The van der Waals surface area contributed by atoms with Gasteiger partial charge in [0.15, 0.2) is 0 Å². The summed E-state index contributed by atoms with van der Waals surface area (Å²) in [5.41, 5.74) is 0. The molecule has 0 aromatic heterocycles. The third-order valence-electron chi connectivity index (χ3n) is 4.13. The first kappa shape index (κ1) is 12.9. The minimum absolute atomic E-state index is 0.182. The Bertz CT molecular complexity index is 245. The average Bonchev–Trinajstić information content (AvgIpc) is 3.15. The number of carbonyl (C=O) groups is 1. The van der Waals surface area contributed by atoms with Crippen LogP contribution in [0.2, 0.25) is 0 Å². The largest absolute Gasteiger partial charge is 0.352 e. The summed E-state index contributed by atoms with van der Waals surface area (Å²) in [5, 5.41) is 6.49. The van der Waals surface area contributed by atoms with Crippen molar-refractivity contribution in [3.63, 3.8) is 0 Å². The van der Waals surface area contributed by atoms with Crippen molar-refractivity contribution in [3.8, 4) is 0 Å². The molecule has 2 N–H and O–H groups in total. The predicted octanol–water partition coefficient (Wildman–Crippen LogP) is 2.21. The summed E-state index contributed by atoms with van der Waals surface area (Å²) in [6.45, 7) is 2.73. The molecule has 0 saturated heterocycles. The fourth-order valence-electron chi connectivity index (χ4n) is 2.91. The van der Waals surface area contributed by atoms with E-state index in [0.29, 0.717) is 18.6 Å². The lowest BCUT2D eigenvalue weighted by atomic mass is 9.83. The standard InChI is InChI=1S/C14H26N2O/c1-2-13(11-6-4-3-5-7-11)15-10-14(17)16-12-8-9-12/h11-13,15H,2-10H2,1H3,(H,16,17). The summed E-state index contributed by atoms with van der Waals surface area (Å²) in [5.74, 6) is 0.976. The highest BCUT2D eigenvalue weighted by Crippen LogP contribution is 2.27. The minimum Gasteiger partial charge on any atom is -0.352 e. The maximum Gasteiger partial charge on any atom is 0.234 e. The van der Waals surface area contributed by atoms with Gasteiger partial charge in [0.25, 0.3) is 0 Å². The molecule has 0 aromatic carbocycles. The quantitative estimate of drug-likeness (QED) is 0.745. The van der Waals surface area contributed by atoms with Gasteiger partial charge in [0, 0.05) is 12.1 Å². The van der Waals surface area contributed by atoms with Crippen LogP contribution in [0.5, 0.6) is 0 Å². The highest BCUT2D eigenvalue weighted by molar-refractivity contribution is 5.78. The Hall–Kier alpha value is -0.570. The fourth-order valence-corrected chi connectivity index (χ4v) is 2.91. The van der Waals surface area contributed by atoms with Gasteiger partial charge in [-0.15, -0.1) is 0 Å². The van der Waals surface area contributed by atoms with Crippen LogP contribution in [-0.4, -0.2) is 24.5 Å². The summed E-state index contributed by atoms with van der Waals surface area (Å²) < 4.78 is 0. The van der Waals surface area contributed by atoms with Crippen molar-refractivity contribution in [2.45, 2.75) is 70.4 Å². The van der Waals surface area contributed by atoms with Crippen LogP contribution in [0, 0.1) is 5.92 Å². The molecule has 2 fully saturated rings. The van der Waals surface area contributed by atoms with Gasteiger partial charge < -0.3 is 10.6 Å². The van der Waals surface area contributed by atoms with Crippen molar-refractivity contribution in [2.75, 3.05) is 6.54 Å². The van der Waals surface area contributed by atoms with Crippen molar-refractivity contribution in [1.29, 1.82) is 0 Å². The number of hydrogen-bond acceptors (Lipinski definition) is 2. The van der Waals surface area contributed by atoms with Crippen LogP contribution in [0.4, 0.5) is 0 Å². The maximum atomic E-state index is 11.6. The maximum absolute atomic E-state index is 11.6. The Balaban J connectivity index is 1.68. The second-order valence-electron chi connectivity index (χ2n) is 5.64. The summed E-state index contributed by atoms with van der Waals surface area (Å²) in [6, 6.07) is 1.03. The van der Waals surface area contributed by atoms with Crippen molar-refractivity contribution in [2.24, 2.45) is 5.92 Å². The van der Waals surface area contributed by atoms with Gasteiger partial charge in [0.05, 0.1) is 6.54 Å². The van der Waals surface area contributed by atoms with Crippen LogP contribution in [0.15, 0.2) is 0 Å². The Morgan fingerprint density at radius 1 is 1.18 bits per heavy atom. The van der Waals surface area contributed by atoms with Crippen molar-refractivity contribution >= 4 is 5.91 Å². The van der Waals surface area contributed by atoms with Crippen LogP contribution in [0.1, 0.15) is 58.3 Å². The number of amides is 1. The SMILES string of the molecule is CCC(NCC(=O)NC1CC1)C1CCCCC1. The summed E-state index contributed by atoms with van der Waals surface area (Å²) >= 11 is 0. The van der Waals surface area contributed by atoms with E-state index >= 15 is 0 Å². The molecule has 2 aliphatic rings. The minimum atomic E-state index is 0.182. The highest BCUT2D eigenvalue weighted by atomic mass is 16.2. The zero-order chi connectivity index (χ0) is 12.1. The molecule has 0 heterocycles. The Morgan fingerprint density at radius 2 is 1.88 bits per heavy atom. The van der Waals surface area contributed by atoms with E-state index in [2.05, 4.69) is 17.6 Å². The first-order valence-electron chi connectivity index (χ1n) is 7.32. The molecule has 0 aromatic rings. The van der Waals surface area contributed by atoms with E-state index in [9.17, 15) is 4.79 Å². The van der Waals surface area contributed by atoms with Gasteiger partial charge in [-0.05, 0) is 38.0 Å². The van der Waals surface area contributed by atoms with Crippen molar-refractivity contribution in [3.05, 3.63) is 0 Å². The molecule has 2 aliphatic carbocycles. The molecule has 98 valence electrons. The molecule has 2 saturated carbocycles. The normalized spacial score (nSPS) is 23.4. The first-order valence-corrected chi connectivity index (χ1v) is 7.32. The second-order valence-corrected chi connectivity index (χ2v) is 5.64. The summed E-state index contributed by atoms with van der Waals surface area (Å²) in [4.78, 5) is 11.6. The van der Waals surface area contributed by atoms with Crippen molar-refractivity contribution in [1.82, 2.24) is 10.6 Å². The Kier molecular flexibility index (Phi) is 4.84. The molecule has 1 amide bonds. The number of carbonyl (C=O) groups excluding carboxylic acids is 1. The van der Waals surface area contributed by atoms with E-state index < -0.39 is 0 Å². The van der Waals surface area contributed by atoms with E-state index in [1.807, 2.05) is 0 Å². The topological polar surface area (TPSA) is 41.1 Å². The molecule has 0 bridgehead atoms. The van der Waals surface area contributed by atoms with E-state index in [1.165, 1.54) is 44.9 Å². The molecule has 0 aliphatic heterocycles. The summed E-state index contributed by atoms with van der Waals surface area (Å²) in [7, 11) is 0. The van der Waals surface area contributed by atoms with Gasteiger partial charge in [0.2, 0.25) is 5.91 Å². The highest BCUT2D eigenvalue weighted by Gasteiger charge is 2.25. The molecule has 0 spiro atoms. The Labute approximate surface area is 105 Å². The number of rotatable bonds is 6. The van der Waals surface area contributed by atoms with Gasteiger partial charge in [-0.25, -0.2) is 0 Å².